The van der Waals surface area contributed by atoms with Crippen LogP contribution in [0.5, 0.6) is 17.2 Å². The van der Waals surface area contributed by atoms with Crippen molar-refractivity contribution in [3.8, 4) is 17.2 Å². The average molecular weight is 767 g/mol. The van der Waals surface area contributed by atoms with E-state index in [4.69, 9.17) is 18.9 Å². The van der Waals surface area contributed by atoms with E-state index >= 15 is 0 Å². The van der Waals surface area contributed by atoms with Crippen molar-refractivity contribution in [2.75, 3.05) is 14.2 Å². The maximum absolute atomic E-state index is 14.8. The van der Waals surface area contributed by atoms with Crippen LogP contribution in [-0.4, -0.2) is 55.5 Å². The van der Waals surface area contributed by atoms with Crippen LogP contribution in [0.1, 0.15) is 111 Å². The summed E-state index contributed by atoms with van der Waals surface area (Å²) in [6.45, 7) is 12.9. The van der Waals surface area contributed by atoms with Crippen molar-refractivity contribution < 1.29 is 42.9 Å². The summed E-state index contributed by atoms with van der Waals surface area (Å²) in [6, 6.07) is 7.80. The predicted octanol–water partition coefficient (Wildman–Crippen LogP) is 9.17. The Bertz CT molecular complexity index is 1970. The number of fused-ring (bicyclic) bond motifs is 1. The smallest absolute Gasteiger partial charge is 0.306 e. The van der Waals surface area contributed by atoms with Crippen LogP contribution in [0.25, 0.3) is 16.3 Å². The molecule has 6 rings (SSSR count). The molecular weight excluding hydrogens is 709 g/mol. The summed E-state index contributed by atoms with van der Waals surface area (Å²) >= 11 is 0. The number of carbonyl (C=O) groups is 5. The summed E-state index contributed by atoms with van der Waals surface area (Å²) < 4.78 is 24.1. The minimum Gasteiger partial charge on any atom is -0.493 e. The third-order valence-corrected chi connectivity index (χ3v) is 12.7. The van der Waals surface area contributed by atoms with Crippen LogP contribution in [-0.2, 0) is 28.7 Å². The first-order valence-electron chi connectivity index (χ1n) is 20.2. The van der Waals surface area contributed by atoms with Gasteiger partial charge in [0, 0.05) is 41.4 Å². The Balaban J connectivity index is 1.35. The molecule has 300 valence electrons. The molecule has 0 saturated heterocycles. The molecule has 6 atom stereocenters. The number of hydrogen-bond acceptors (Lipinski definition) is 9. The van der Waals surface area contributed by atoms with Crippen molar-refractivity contribution >= 4 is 45.4 Å². The fourth-order valence-electron chi connectivity index (χ4n) is 9.40. The van der Waals surface area contributed by atoms with E-state index in [1.807, 2.05) is 39.0 Å². The number of methoxy groups -OCH3 is 2. The molecule has 2 aromatic rings. The van der Waals surface area contributed by atoms with E-state index in [-0.39, 0.29) is 66.8 Å². The van der Waals surface area contributed by atoms with Crippen LogP contribution >= 0.6 is 0 Å². The minimum absolute atomic E-state index is 0.0407. The number of allylic oxidation sites excluding steroid dienone is 5. The lowest BCUT2D eigenvalue weighted by molar-refractivity contribution is -0.154. The van der Waals surface area contributed by atoms with Crippen LogP contribution in [0.2, 0.25) is 0 Å². The fraction of sp³-hybridized carbons (Fsp3) is 0.553. The molecule has 3 fully saturated rings. The van der Waals surface area contributed by atoms with Crippen LogP contribution in [0.3, 0.4) is 0 Å². The van der Waals surface area contributed by atoms with Gasteiger partial charge in [0.1, 0.15) is 41.1 Å². The van der Waals surface area contributed by atoms with Gasteiger partial charge in [0.05, 0.1) is 20.6 Å². The first-order chi connectivity index (χ1) is 26.6. The summed E-state index contributed by atoms with van der Waals surface area (Å²) in [7, 11) is 3.16. The second kappa shape index (κ2) is 16.5. The normalized spacial score (nSPS) is 25.3. The number of Topliss-reactive ketones (excluding diaryl/α,β-unsaturated/α-hetero) is 4. The first kappa shape index (κ1) is 41.1. The van der Waals surface area contributed by atoms with E-state index in [9.17, 15) is 24.0 Å². The highest BCUT2D eigenvalue weighted by molar-refractivity contribution is 5.98. The molecule has 0 heterocycles. The third-order valence-electron chi connectivity index (χ3n) is 12.7. The lowest BCUT2D eigenvalue weighted by Gasteiger charge is -2.32. The minimum atomic E-state index is -0.788. The molecule has 0 bridgehead atoms. The van der Waals surface area contributed by atoms with Gasteiger partial charge in [-0.3, -0.25) is 24.0 Å². The summed E-state index contributed by atoms with van der Waals surface area (Å²) in [4.78, 5) is 67.4. The SMILES string of the molecule is C=CC1CC1(CC(=O)C1CC(Oc2cc(C3=CCC(CC(C)=O)=C3)cc3cc(OC)c(OC)cc23)CC1C(=O)C(CC(=O)OC1CCCC1)C(C)(C)C)C(C)=O. The van der Waals surface area contributed by atoms with E-state index in [1.165, 1.54) is 6.92 Å². The van der Waals surface area contributed by atoms with Crippen molar-refractivity contribution in [1.82, 2.24) is 0 Å². The zero-order chi connectivity index (χ0) is 40.5. The summed E-state index contributed by atoms with van der Waals surface area (Å²) in [5.41, 5.74) is 1.55. The lowest BCUT2D eigenvalue weighted by atomic mass is 9.70. The van der Waals surface area contributed by atoms with Crippen molar-refractivity contribution in [2.45, 2.75) is 117 Å². The molecular formula is C47H58O9. The van der Waals surface area contributed by atoms with Gasteiger partial charge in [0.15, 0.2) is 11.5 Å². The van der Waals surface area contributed by atoms with Gasteiger partial charge in [-0.1, -0.05) is 44.6 Å². The van der Waals surface area contributed by atoms with Crippen LogP contribution in [0.15, 0.2) is 54.6 Å². The van der Waals surface area contributed by atoms with E-state index < -0.39 is 34.7 Å². The van der Waals surface area contributed by atoms with Gasteiger partial charge in [-0.15, -0.1) is 6.58 Å². The van der Waals surface area contributed by atoms with E-state index in [0.717, 1.165) is 53.2 Å². The number of rotatable bonds is 17. The molecule has 0 amide bonds. The fourth-order valence-corrected chi connectivity index (χ4v) is 9.40. The van der Waals surface area contributed by atoms with Gasteiger partial charge in [-0.2, -0.15) is 0 Å². The average Bonchev–Trinajstić information content (AvgIpc) is 3.55. The predicted molar refractivity (Wildman–Crippen MR) is 216 cm³/mol. The monoisotopic (exact) mass is 766 g/mol. The highest BCUT2D eigenvalue weighted by Crippen LogP contribution is 2.58. The summed E-state index contributed by atoms with van der Waals surface area (Å²) in [6.07, 6.45) is 11.2. The Hall–Kier alpha value is -4.53. The maximum Gasteiger partial charge on any atom is 0.306 e. The van der Waals surface area contributed by atoms with E-state index in [1.54, 1.807) is 27.2 Å². The number of esters is 1. The molecule has 0 spiro atoms. The molecule has 0 aliphatic heterocycles. The Kier molecular flexibility index (Phi) is 12.1. The van der Waals surface area contributed by atoms with Crippen molar-refractivity contribution in [3.05, 3.63) is 60.2 Å². The Labute approximate surface area is 331 Å². The largest absolute Gasteiger partial charge is 0.493 e. The second-order valence-corrected chi connectivity index (χ2v) is 17.7. The van der Waals surface area contributed by atoms with Crippen molar-refractivity contribution in [3.63, 3.8) is 0 Å². The summed E-state index contributed by atoms with van der Waals surface area (Å²) in [5.74, 6) is -1.07. The van der Waals surface area contributed by atoms with Crippen molar-refractivity contribution in [1.29, 1.82) is 0 Å². The van der Waals surface area contributed by atoms with Gasteiger partial charge in [-0.05, 0) is 117 Å². The molecule has 6 unspecified atom stereocenters. The standard InChI is InChI=1S/C47H58O9/c1-9-33-25-47(33,28(3)49)26-40(50)37-21-35(22-38(37)45(52)39(46(4,5)6)24-44(51)56-34-12-10-11-13-34)55-41-19-31(30-15-14-29(17-30)16-27(2)48)18-32-20-42(53-7)43(54-8)23-36(32)41/h9,15,17-20,23,33-35,37-39H,1,10-14,16,21-22,24-26H2,2-8H3. The molecule has 0 aromatic heterocycles. The van der Waals surface area contributed by atoms with Crippen LogP contribution in [0.4, 0.5) is 0 Å². The molecule has 9 heteroatoms. The number of carbonyl (C=O) groups excluding carboxylic acids is 5. The van der Waals surface area contributed by atoms with Gasteiger partial charge in [0.25, 0.3) is 0 Å². The molecule has 4 aliphatic rings. The first-order valence-corrected chi connectivity index (χ1v) is 20.2. The zero-order valence-electron chi connectivity index (χ0n) is 34.2. The molecule has 0 radical (unpaired) electrons. The molecule has 0 N–H and O–H groups in total. The maximum atomic E-state index is 14.8. The van der Waals surface area contributed by atoms with Crippen LogP contribution in [0, 0.1) is 34.5 Å². The Morgan fingerprint density at radius 3 is 2.20 bits per heavy atom. The highest BCUT2D eigenvalue weighted by Gasteiger charge is 2.59. The van der Waals surface area contributed by atoms with Gasteiger partial charge in [-0.25, -0.2) is 0 Å². The van der Waals surface area contributed by atoms with Gasteiger partial charge >= 0.3 is 5.97 Å². The van der Waals surface area contributed by atoms with E-state index in [0.29, 0.717) is 36.5 Å². The lowest BCUT2D eigenvalue weighted by Crippen LogP contribution is -2.39. The quantitative estimate of drug-likeness (QED) is 0.115. The second-order valence-electron chi connectivity index (χ2n) is 17.7. The molecule has 4 aliphatic carbocycles. The highest BCUT2D eigenvalue weighted by atomic mass is 16.5. The number of ketones is 4. The van der Waals surface area contributed by atoms with Crippen LogP contribution < -0.4 is 14.2 Å². The third kappa shape index (κ3) is 8.72. The topological polar surface area (TPSA) is 122 Å². The molecule has 3 saturated carbocycles. The zero-order valence-corrected chi connectivity index (χ0v) is 34.2. The van der Waals surface area contributed by atoms with Gasteiger partial charge < -0.3 is 18.9 Å². The summed E-state index contributed by atoms with van der Waals surface area (Å²) in [5, 5.41) is 1.63. The van der Waals surface area contributed by atoms with Crippen molar-refractivity contribution in [2.24, 2.45) is 34.5 Å². The molecule has 2 aromatic carbocycles. The Morgan fingerprint density at radius 1 is 0.911 bits per heavy atom. The Morgan fingerprint density at radius 2 is 1.59 bits per heavy atom. The molecule has 9 nitrogen and oxygen atoms in total. The van der Waals surface area contributed by atoms with E-state index in [2.05, 4.69) is 24.8 Å². The molecule has 56 heavy (non-hydrogen) atoms. The number of benzene rings is 2. The number of ether oxygens (including phenoxy) is 4. The number of hydrogen-bond donors (Lipinski definition) is 0. The van der Waals surface area contributed by atoms with Gasteiger partial charge in [0.2, 0.25) is 0 Å².